The number of amides is 2. The first kappa shape index (κ1) is 19.6. The average molecular weight is 406 g/mol. The molecule has 0 saturated carbocycles. The number of fused-ring (bicyclic) bond motifs is 1. The van der Waals surface area contributed by atoms with Crippen LogP contribution >= 0.6 is 0 Å². The van der Waals surface area contributed by atoms with Crippen molar-refractivity contribution in [1.29, 1.82) is 0 Å². The number of anilines is 2. The molecule has 1 aliphatic heterocycles. The van der Waals surface area contributed by atoms with Gasteiger partial charge in [0.2, 0.25) is 5.91 Å². The molecular weight excluding hydrogens is 384 g/mol. The van der Waals surface area contributed by atoms with Crippen molar-refractivity contribution in [1.82, 2.24) is 0 Å². The molecule has 2 aromatic carbocycles. The Morgan fingerprint density at radius 2 is 1.97 bits per heavy atom. The molecule has 1 N–H and O–H groups in total. The first-order chi connectivity index (χ1) is 14.6. The van der Waals surface area contributed by atoms with Crippen LogP contribution in [0.3, 0.4) is 0 Å². The van der Waals surface area contributed by atoms with E-state index in [9.17, 15) is 9.59 Å². The molecule has 4 rings (SSSR count). The third-order valence-corrected chi connectivity index (χ3v) is 5.12. The van der Waals surface area contributed by atoms with Gasteiger partial charge in [0.05, 0.1) is 32.5 Å². The molecule has 0 bridgehead atoms. The Morgan fingerprint density at radius 1 is 1.10 bits per heavy atom. The molecule has 0 spiro atoms. The fourth-order valence-corrected chi connectivity index (χ4v) is 3.61. The molecule has 154 valence electrons. The highest BCUT2D eigenvalue weighted by Gasteiger charge is 2.26. The number of nitrogens with one attached hydrogen (secondary N) is 1. The molecule has 0 fully saturated rings. The molecule has 7 nitrogen and oxygen atoms in total. The Balaban J connectivity index is 1.45. The van der Waals surface area contributed by atoms with E-state index in [0.29, 0.717) is 29.3 Å². The van der Waals surface area contributed by atoms with Gasteiger partial charge in [-0.2, -0.15) is 0 Å². The predicted octanol–water partition coefficient (Wildman–Crippen LogP) is 3.68. The molecule has 2 amide bonds. The van der Waals surface area contributed by atoms with Crippen molar-refractivity contribution < 1.29 is 23.5 Å². The minimum Gasteiger partial charge on any atom is -0.497 e. The second kappa shape index (κ2) is 8.32. The summed E-state index contributed by atoms with van der Waals surface area (Å²) in [6.07, 6.45) is 3.84. The lowest BCUT2D eigenvalue weighted by Gasteiger charge is -2.17. The quantitative estimate of drug-likeness (QED) is 0.675. The number of carbonyl (C=O) groups excluding carboxylic acids is 2. The molecule has 0 aliphatic carbocycles. The number of furan rings is 1. The maximum absolute atomic E-state index is 12.6. The van der Waals surface area contributed by atoms with E-state index in [2.05, 4.69) is 5.32 Å². The van der Waals surface area contributed by atoms with Crippen molar-refractivity contribution in [2.45, 2.75) is 12.8 Å². The van der Waals surface area contributed by atoms with Gasteiger partial charge in [0.15, 0.2) is 0 Å². The number of rotatable bonds is 6. The Hall–Kier alpha value is -3.74. The molecule has 1 aliphatic rings. The van der Waals surface area contributed by atoms with E-state index in [-0.39, 0.29) is 18.2 Å². The van der Waals surface area contributed by atoms with Crippen LogP contribution in [0.2, 0.25) is 0 Å². The van der Waals surface area contributed by atoms with Gasteiger partial charge in [-0.15, -0.1) is 0 Å². The van der Waals surface area contributed by atoms with Gasteiger partial charge in [-0.1, -0.05) is 6.07 Å². The maximum Gasteiger partial charge on any atom is 0.261 e. The summed E-state index contributed by atoms with van der Waals surface area (Å²) in [4.78, 5) is 26.9. The fraction of sp³-hybridized carbons (Fsp3) is 0.217. The number of benzene rings is 2. The zero-order valence-corrected chi connectivity index (χ0v) is 16.8. The third kappa shape index (κ3) is 3.87. The molecule has 0 unspecified atom stereocenters. The number of hydrogen-bond acceptors (Lipinski definition) is 5. The van der Waals surface area contributed by atoms with Gasteiger partial charge in [-0.3, -0.25) is 9.59 Å². The summed E-state index contributed by atoms with van der Waals surface area (Å²) in [6.45, 7) is 0.597. The highest BCUT2D eigenvalue weighted by atomic mass is 16.5. The Kier molecular flexibility index (Phi) is 5.43. The van der Waals surface area contributed by atoms with Crippen molar-refractivity contribution >= 4 is 23.2 Å². The monoisotopic (exact) mass is 406 g/mol. The van der Waals surface area contributed by atoms with E-state index in [4.69, 9.17) is 13.9 Å². The first-order valence-electron chi connectivity index (χ1n) is 9.57. The maximum atomic E-state index is 12.6. The van der Waals surface area contributed by atoms with E-state index in [1.54, 1.807) is 37.3 Å². The number of hydrogen-bond donors (Lipinski definition) is 1. The van der Waals surface area contributed by atoms with Crippen LogP contribution in [0.25, 0.3) is 0 Å². The van der Waals surface area contributed by atoms with Crippen molar-refractivity contribution in [2.24, 2.45) is 0 Å². The van der Waals surface area contributed by atoms with Crippen LogP contribution < -0.4 is 19.7 Å². The Labute approximate surface area is 174 Å². The Bertz CT molecular complexity index is 1080. The smallest absolute Gasteiger partial charge is 0.261 e. The molecule has 1 aromatic heterocycles. The first-order valence-corrected chi connectivity index (χ1v) is 9.57. The van der Waals surface area contributed by atoms with Gasteiger partial charge in [0.1, 0.15) is 17.8 Å². The minimum atomic E-state index is -0.150. The normalized spacial score (nSPS) is 12.4. The molecular formula is C23H22N2O5. The molecule has 0 radical (unpaired) electrons. The molecule has 2 heterocycles. The minimum absolute atomic E-state index is 0.0918. The SMILES string of the molecule is COc1ccc(CC(=O)Nc2ccc3c(c2)CCN3C(=O)c2ccoc2)c(OC)c1. The van der Waals surface area contributed by atoms with Crippen LogP contribution in [0, 0.1) is 0 Å². The molecule has 30 heavy (non-hydrogen) atoms. The predicted molar refractivity (Wildman–Crippen MR) is 112 cm³/mol. The summed E-state index contributed by atoms with van der Waals surface area (Å²) in [6, 6.07) is 12.6. The summed E-state index contributed by atoms with van der Waals surface area (Å²) in [7, 11) is 3.14. The van der Waals surface area contributed by atoms with E-state index in [0.717, 1.165) is 23.2 Å². The highest BCUT2D eigenvalue weighted by molar-refractivity contribution is 6.07. The number of nitrogens with zero attached hydrogens (tertiary/aromatic N) is 1. The lowest BCUT2D eigenvalue weighted by Crippen LogP contribution is -2.28. The standard InChI is InChI=1S/C23H22N2O5/c1-28-19-5-3-16(21(13-19)29-2)12-22(26)24-18-4-6-20-15(11-18)7-9-25(20)23(27)17-8-10-30-14-17/h3-6,8,10-11,13-14H,7,9,12H2,1-2H3,(H,24,26). The number of carbonyl (C=O) groups is 2. The second-order valence-electron chi connectivity index (χ2n) is 6.97. The molecule has 0 saturated heterocycles. The van der Waals surface area contributed by atoms with Crippen LogP contribution in [0.15, 0.2) is 59.4 Å². The largest absolute Gasteiger partial charge is 0.497 e. The van der Waals surface area contributed by atoms with Crippen LogP contribution in [0.4, 0.5) is 11.4 Å². The van der Waals surface area contributed by atoms with E-state index in [1.165, 1.54) is 12.5 Å². The van der Waals surface area contributed by atoms with Gasteiger partial charge >= 0.3 is 0 Å². The van der Waals surface area contributed by atoms with Gasteiger partial charge in [-0.05, 0) is 42.3 Å². The van der Waals surface area contributed by atoms with Crippen molar-refractivity contribution in [2.75, 3.05) is 31.0 Å². The second-order valence-corrected chi connectivity index (χ2v) is 6.97. The van der Waals surface area contributed by atoms with Crippen molar-refractivity contribution in [3.8, 4) is 11.5 Å². The molecule has 3 aromatic rings. The van der Waals surface area contributed by atoms with Gasteiger partial charge in [0.25, 0.3) is 5.91 Å². The zero-order chi connectivity index (χ0) is 21.1. The van der Waals surface area contributed by atoms with Crippen LogP contribution in [0.5, 0.6) is 11.5 Å². The third-order valence-electron chi connectivity index (χ3n) is 5.12. The van der Waals surface area contributed by atoms with Gasteiger partial charge in [0, 0.05) is 29.5 Å². The summed E-state index contributed by atoms with van der Waals surface area (Å²) in [5.41, 5.74) is 3.87. The lowest BCUT2D eigenvalue weighted by molar-refractivity contribution is -0.115. The fourth-order valence-electron chi connectivity index (χ4n) is 3.61. The van der Waals surface area contributed by atoms with E-state index in [1.807, 2.05) is 24.3 Å². The van der Waals surface area contributed by atoms with Crippen molar-refractivity contribution in [3.05, 3.63) is 71.7 Å². The topological polar surface area (TPSA) is 81.0 Å². The lowest BCUT2D eigenvalue weighted by atomic mass is 10.1. The summed E-state index contributed by atoms with van der Waals surface area (Å²) >= 11 is 0. The van der Waals surface area contributed by atoms with Crippen LogP contribution in [-0.4, -0.2) is 32.6 Å². The molecule has 0 atom stereocenters. The van der Waals surface area contributed by atoms with Crippen LogP contribution in [0.1, 0.15) is 21.5 Å². The Morgan fingerprint density at radius 3 is 2.70 bits per heavy atom. The zero-order valence-electron chi connectivity index (χ0n) is 16.8. The van der Waals surface area contributed by atoms with Crippen molar-refractivity contribution in [3.63, 3.8) is 0 Å². The molecule has 7 heteroatoms. The van der Waals surface area contributed by atoms with E-state index < -0.39 is 0 Å². The average Bonchev–Trinajstić information content (AvgIpc) is 3.43. The summed E-state index contributed by atoms with van der Waals surface area (Å²) in [5, 5.41) is 2.93. The van der Waals surface area contributed by atoms with E-state index >= 15 is 0 Å². The van der Waals surface area contributed by atoms with Gasteiger partial charge in [-0.25, -0.2) is 0 Å². The summed E-state index contributed by atoms with van der Waals surface area (Å²) < 4.78 is 15.6. The van der Waals surface area contributed by atoms with Gasteiger partial charge < -0.3 is 24.1 Å². The number of ether oxygens (including phenoxy) is 2. The number of methoxy groups -OCH3 is 2. The van der Waals surface area contributed by atoms with Crippen LogP contribution in [-0.2, 0) is 17.6 Å². The highest BCUT2D eigenvalue weighted by Crippen LogP contribution is 2.32. The summed E-state index contributed by atoms with van der Waals surface area (Å²) in [5.74, 6) is 1.03.